The highest BCUT2D eigenvalue weighted by Gasteiger charge is 2.27. The number of aryl methyl sites for hydroxylation is 1. The number of carbonyl (C=O) groups is 1. The molecular formula is C10H16N4O3S. The largest absolute Gasteiger partial charge is 0.347 e. The molecule has 7 nitrogen and oxygen atoms in total. The molecule has 0 spiro atoms. The number of aromatic nitrogens is 1. The topological polar surface area (TPSA) is 88.6 Å². The van der Waals surface area contributed by atoms with Crippen molar-refractivity contribution in [2.24, 2.45) is 12.2 Å². The SMILES string of the molecule is Cn1cccc1C(=O)N1CCN(S(N)(=O)=O)CC1. The molecule has 0 unspecified atom stereocenters. The Morgan fingerprint density at radius 2 is 1.89 bits per heavy atom. The van der Waals surface area contributed by atoms with E-state index in [9.17, 15) is 13.2 Å². The predicted octanol–water partition coefficient (Wildman–Crippen LogP) is -1.01. The molecular weight excluding hydrogens is 256 g/mol. The molecule has 2 rings (SSSR count). The van der Waals surface area contributed by atoms with Crippen LogP contribution in [0.2, 0.25) is 0 Å². The van der Waals surface area contributed by atoms with Gasteiger partial charge >= 0.3 is 0 Å². The fourth-order valence-corrected chi connectivity index (χ4v) is 2.66. The number of hydrogen-bond acceptors (Lipinski definition) is 3. The molecule has 18 heavy (non-hydrogen) atoms. The number of amides is 1. The molecule has 0 bridgehead atoms. The van der Waals surface area contributed by atoms with E-state index in [1.165, 1.54) is 4.31 Å². The molecule has 1 aromatic heterocycles. The first kappa shape index (κ1) is 13.1. The molecule has 0 aromatic carbocycles. The highest BCUT2D eigenvalue weighted by Crippen LogP contribution is 2.10. The van der Waals surface area contributed by atoms with Crippen molar-refractivity contribution in [3.05, 3.63) is 24.0 Å². The third-order valence-electron chi connectivity index (χ3n) is 3.05. The molecule has 0 aliphatic carbocycles. The Labute approximate surface area is 106 Å². The monoisotopic (exact) mass is 272 g/mol. The van der Waals surface area contributed by atoms with E-state index >= 15 is 0 Å². The number of nitrogens with zero attached hydrogens (tertiary/aromatic N) is 3. The number of carbonyl (C=O) groups excluding carboxylic acids is 1. The van der Waals surface area contributed by atoms with Crippen molar-refractivity contribution < 1.29 is 13.2 Å². The maximum absolute atomic E-state index is 12.1. The molecule has 1 amide bonds. The molecule has 0 atom stereocenters. The highest BCUT2D eigenvalue weighted by molar-refractivity contribution is 7.86. The van der Waals surface area contributed by atoms with Gasteiger partial charge in [0.15, 0.2) is 0 Å². The van der Waals surface area contributed by atoms with E-state index in [4.69, 9.17) is 5.14 Å². The van der Waals surface area contributed by atoms with Crippen molar-refractivity contribution in [2.75, 3.05) is 26.2 Å². The summed E-state index contributed by atoms with van der Waals surface area (Å²) >= 11 is 0. The summed E-state index contributed by atoms with van der Waals surface area (Å²) < 4.78 is 25.2. The lowest BCUT2D eigenvalue weighted by molar-refractivity contribution is 0.0688. The van der Waals surface area contributed by atoms with Gasteiger partial charge in [-0.1, -0.05) is 0 Å². The second-order valence-corrected chi connectivity index (χ2v) is 5.79. The highest BCUT2D eigenvalue weighted by atomic mass is 32.2. The van der Waals surface area contributed by atoms with Crippen LogP contribution in [0.15, 0.2) is 18.3 Å². The van der Waals surface area contributed by atoms with E-state index < -0.39 is 10.2 Å². The van der Waals surface area contributed by atoms with Gasteiger partial charge in [0.1, 0.15) is 5.69 Å². The zero-order valence-corrected chi connectivity index (χ0v) is 10.9. The number of nitrogens with two attached hydrogens (primary N) is 1. The van der Waals surface area contributed by atoms with Gasteiger partial charge < -0.3 is 9.47 Å². The standard InChI is InChI=1S/C10H16N4O3S/c1-12-4-2-3-9(12)10(15)13-5-7-14(8-6-13)18(11,16)17/h2-4H,5-8H2,1H3,(H2,11,16,17). The van der Waals surface area contributed by atoms with Crippen molar-refractivity contribution in [3.63, 3.8) is 0 Å². The van der Waals surface area contributed by atoms with Crippen LogP contribution < -0.4 is 5.14 Å². The van der Waals surface area contributed by atoms with Crippen LogP contribution in [0.3, 0.4) is 0 Å². The molecule has 8 heteroatoms. The fraction of sp³-hybridized carbons (Fsp3) is 0.500. The summed E-state index contributed by atoms with van der Waals surface area (Å²) in [5, 5.41) is 5.04. The zero-order valence-electron chi connectivity index (χ0n) is 10.1. The van der Waals surface area contributed by atoms with Crippen molar-refractivity contribution >= 4 is 16.1 Å². The summed E-state index contributed by atoms with van der Waals surface area (Å²) in [6.07, 6.45) is 1.80. The number of piperazine rings is 1. The molecule has 2 N–H and O–H groups in total. The summed E-state index contributed by atoms with van der Waals surface area (Å²) in [4.78, 5) is 13.8. The first-order valence-corrected chi connectivity index (χ1v) is 7.08. The lowest BCUT2D eigenvalue weighted by Gasteiger charge is -2.32. The molecule has 100 valence electrons. The first-order chi connectivity index (χ1) is 8.39. The fourth-order valence-electron chi connectivity index (χ4n) is 1.99. The van der Waals surface area contributed by atoms with Gasteiger partial charge in [-0.15, -0.1) is 0 Å². The van der Waals surface area contributed by atoms with E-state index in [-0.39, 0.29) is 19.0 Å². The summed E-state index contributed by atoms with van der Waals surface area (Å²) in [5.41, 5.74) is 0.596. The minimum absolute atomic E-state index is 0.0865. The third kappa shape index (κ3) is 2.55. The van der Waals surface area contributed by atoms with Crippen molar-refractivity contribution in [1.29, 1.82) is 0 Å². The molecule has 1 saturated heterocycles. The van der Waals surface area contributed by atoms with E-state index in [0.29, 0.717) is 18.8 Å². The van der Waals surface area contributed by atoms with Crippen molar-refractivity contribution in [3.8, 4) is 0 Å². The van der Waals surface area contributed by atoms with Crippen LogP contribution in [0.5, 0.6) is 0 Å². The molecule has 2 heterocycles. The lowest BCUT2D eigenvalue weighted by atomic mass is 10.3. The maximum Gasteiger partial charge on any atom is 0.277 e. The van der Waals surface area contributed by atoms with E-state index in [0.717, 1.165) is 0 Å². The molecule has 1 aliphatic rings. The lowest BCUT2D eigenvalue weighted by Crippen LogP contribution is -2.52. The van der Waals surface area contributed by atoms with Gasteiger partial charge in [-0.2, -0.15) is 12.7 Å². The average molecular weight is 272 g/mol. The molecule has 1 aliphatic heterocycles. The van der Waals surface area contributed by atoms with E-state index in [2.05, 4.69) is 0 Å². The van der Waals surface area contributed by atoms with Gasteiger partial charge in [-0.3, -0.25) is 4.79 Å². The van der Waals surface area contributed by atoms with Crippen LogP contribution >= 0.6 is 0 Å². The summed E-state index contributed by atoms with van der Waals surface area (Å²) in [6.45, 7) is 1.21. The smallest absolute Gasteiger partial charge is 0.277 e. The van der Waals surface area contributed by atoms with E-state index in [1.807, 2.05) is 0 Å². The predicted molar refractivity (Wildman–Crippen MR) is 66.0 cm³/mol. The minimum Gasteiger partial charge on any atom is -0.347 e. The third-order valence-corrected chi connectivity index (χ3v) is 4.13. The second-order valence-electron chi connectivity index (χ2n) is 4.24. The average Bonchev–Trinajstić information content (AvgIpc) is 2.73. The maximum atomic E-state index is 12.1. The van der Waals surface area contributed by atoms with Crippen LogP contribution in [0.1, 0.15) is 10.5 Å². The zero-order chi connectivity index (χ0) is 13.3. The van der Waals surface area contributed by atoms with Gasteiger partial charge in [0, 0.05) is 39.4 Å². The van der Waals surface area contributed by atoms with Crippen molar-refractivity contribution in [1.82, 2.24) is 13.8 Å². The summed E-state index contributed by atoms with van der Waals surface area (Å²) in [7, 11) is -1.85. The Balaban J connectivity index is 2.03. The van der Waals surface area contributed by atoms with Crippen LogP contribution in [0.4, 0.5) is 0 Å². The summed E-state index contributed by atoms with van der Waals surface area (Å²) in [5.74, 6) is -0.0865. The van der Waals surface area contributed by atoms with Gasteiger partial charge in [0.25, 0.3) is 16.1 Å². The van der Waals surface area contributed by atoms with Crippen LogP contribution in [0, 0.1) is 0 Å². The van der Waals surface area contributed by atoms with Gasteiger partial charge in [0.2, 0.25) is 0 Å². The molecule has 0 radical (unpaired) electrons. The summed E-state index contributed by atoms with van der Waals surface area (Å²) in [6, 6.07) is 3.54. The second kappa shape index (κ2) is 4.71. The van der Waals surface area contributed by atoms with Crippen LogP contribution in [0.25, 0.3) is 0 Å². The first-order valence-electron chi connectivity index (χ1n) is 5.58. The Kier molecular flexibility index (Phi) is 3.42. The number of hydrogen-bond donors (Lipinski definition) is 1. The van der Waals surface area contributed by atoms with Crippen molar-refractivity contribution in [2.45, 2.75) is 0 Å². The minimum atomic E-state index is -3.65. The Morgan fingerprint density at radius 1 is 1.28 bits per heavy atom. The van der Waals surface area contributed by atoms with Gasteiger partial charge in [-0.25, -0.2) is 5.14 Å². The normalized spacial score (nSPS) is 18.0. The van der Waals surface area contributed by atoms with E-state index in [1.54, 1.807) is 34.8 Å². The quantitative estimate of drug-likeness (QED) is 0.748. The van der Waals surface area contributed by atoms with Gasteiger partial charge in [-0.05, 0) is 12.1 Å². The number of rotatable bonds is 2. The Hall–Kier alpha value is -1.38. The van der Waals surface area contributed by atoms with Crippen LogP contribution in [-0.4, -0.2) is 54.3 Å². The Morgan fingerprint density at radius 3 is 2.33 bits per heavy atom. The van der Waals surface area contributed by atoms with Gasteiger partial charge in [0.05, 0.1) is 0 Å². The molecule has 1 aromatic rings. The van der Waals surface area contributed by atoms with Crippen LogP contribution in [-0.2, 0) is 17.3 Å². The molecule has 1 fully saturated rings. The Bertz CT molecular complexity index is 543. The molecule has 0 saturated carbocycles.